The number of methoxy groups -OCH3 is 1. The molecule has 4 nitrogen and oxygen atoms in total. The zero-order chi connectivity index (χ0) is 12.0. The first kappa shape index (κ1) is 12.7. The Morgan fingerprint density at radius 2 is 1.88 bits per heavy atom. The molecule has 16 heavy (non-hydrogen) atoms. The second-order valence-electron chi connectivity index (χ2n) is 2.98. The number of halogens is 1. The molecule has 0 spiro atoms. The second-order valence-corrected chi connectivity index (χ2v) is 3.89. The van der Waals surface area contributed by atoms with Crippen LogP contribution in [0.25, 0.3) is 0 Å². The van der Waals surface area contributed by atoms with Gasteiger partial charge in [0.2, 0.25) is 4.83 Å². The summed E-state index contributed by atoms with van der Waals surface area (Å²) < 4.78 is 9.32. The summed E-state index contributed by atoms with van der Waals surface area (Å²) in [4.78, 5) is 21.3. The predicted octanol–water partition coefficient (Wildman–Crippen LogP) is 1.67. The lowest BCUT2D eigenvalue weighted by atomic mass is 10.2. The van der Waals surface area contributed by atoms with Crippen LogP contribution in [0.2, 0.25) is 0 Å². The molecular weight excluding hydrogens is 276 g/mol. The van der Waals surface area contributed by atoms with Crippen molar-refractivity contribution in [3.63, 3.8) is 0 Å². The summed E-state index contributed by atoms with van der Waals surface area (Å²) in [6, 6.07) is 9.21. The monoisotopic (exact) mass is 286 g/mol. The van der Waals surface area contributed by atoms with E-state index in [1.165, 1.54) is 7.11 Å². The minimum absolute atomic E-state index is 0.138. The zero-order valence-electron chi connectivity index (χ0n) is 8.68. The van der Waals surface area contributed by atoms with Gasteiger partial charge in [-0.25, -0.2) is 0 Å². The van der Waals surface area contributed by atoms with Gasteiger partial charge in [0.25, 0.3) is 0 Å². The standard InChI is InChI=1S/C11H11BrO4/c1-15-10(13)9(12)11(14)16-7-8-5-3-2-4-6-8/h2-6,9H,7H2,1H3. The van der Waals surface area contributed by atoms with Gasteiger partial charge in [0.1, 0.15) is 6.61 Å². The lowest BCUT2D eigenvalue weighted by Gasteiger charge is -2.08. The minimum Gasteiger partial charge on any atom is -0.468 e. The number of hydrogen-bond acceptors (Lipinski definition) is 4. The van der Waals surface area contributed by atoms with E-state index in [9.17, 15) is 9.59 Å². The van der Waals surface area contributed by atoms with Crippen LogP contribution >= 0.6 is 15.9 Å². The Bertz CT molecular complexity index is 364. The molecule has 0 amide bonds. The van der Waals surface area contributed by atoms with Crippen LogP contribution in [0.5, 0.6) is 0 Å². The Morgan fingerprint density at radius 3 is 2.44 bits per heavy atom. The number of rotatable bonds is 4. The Balaban J connectivity index is 2.44. The molecule has 0 fully saturated rings. The van der Waals surface area contributed by atoms with Crippen LogP contribution in [0.4, 0.5) is 0 Å². The van der Waals surface area contributed by atoms with E-state index in [2.05, 4.69) is 20.7 Å². The van der Waals surface area contributed by atoms with Gasteiger partial charge in [-0.05, 0) is 5.56 Å². The molecule has 1 aromatic carbocycles. The Morgan fingerprint density at radius 1 is 1.25 bits per heavy atom. The highest BCUT2D eigenvalue weighted by atomic mass is 79.9. The maximum Gasteiger partial charge on any atom is 0.331 e. The Labute approximate surface area is 102 Å². The first-order valence-electron chi connectivity index (χ1n) is 4.57. The van der Waals surface area contributed by atoms with Crippen molar-refractivity contribution in [2.45, 2.75) is 11.4 Å². The van der Waals surface area contributed by atoms with Gasteiger partial charge >= 0.3 is 11.9 Å². The highest BCUT2D eigenvalue weighted by molar-refractivity contribution is 9.10. The van der Waals surface area contributed by atoms with Gasteiger partial charge in [0, 0.05) is 0 Å². The number of carbonyl (C=O) groups excluding carboxylic acids is 2. The van der Waals surface area contributed by atoms with Gasteiger partial charge in [-0.2, -0.15) is 0 Å². The third-order valence-corrected chi connectivity index (χ3v) is 2.59. The van der Waals surface area contributed by atoms with Gasteiger partial charge in [-0.3, -0.25) is 9.59 Å². The SMILES string of the molecule is COC(=O)C(Br)C(=O)OCc1ccccc1. The summed E-state index contributed by atoms with van der Waals surface area (Å²) in [6.07, 6.45) is 0. The Kier molecular flexibility index (Phi) is 4.98. The number of esters is 2. The van der Waals surface area contributed by atoms with Gasteiger partial charge in [0.05, 0.1) is 7.11 Å². The van der Waals surface area contributed by atoms with Crippen LogP contribution < -0.4 is 0 Å². The van der Waals surface area contributed by atoms with Crippen LogP contribution in [0, 0.1) is 0 Å². The topological polar surface area (TPSA) is 52.6 Å². The predicted molar refractivity (Wildman–Crippen MR) is 61.0 cm³/mol. The first-order valence-corrected chi connectivity index (χ1v) is 5.49. The summed E-state index contributed by atoms with van der Waals surface area (Å²) in [5.41, 5.74) is 0.861. The van der Waals surface area contributed by atoms with Crippen LogP contribution in [0.1, 0.15) is 5.56 Å². The van der Waals surface area contributed by atoms with E-state index < -0.39 is 16.8 Å². The van der Waals surface area contributed by atoms with Crippen molar-refractivity contribution in [1.29, 1.82) is 0 Å². The summed E-state index contributed by atoms with van der Waals surface area (Å²) >= 11 is 2.89. The van der Waals surface area contributed by atoms with E-state index in [-0.39, 0.29) is 6.61 Å². The molecule has 0 aliphatic rings. The van der Waals surface area contributed by atoms with Crippen molar-refractivity contribution >= 4 is 27.9 Å². The second kappa shape index (κ2) is 6.27. The third-order valence-electron chi connectivity index (χ3n) is 1.84. The van der Waals surface area contributed by atoms with Crippen molar-refractivity contribution in [2.24, 2.45) is 0 Å². The normalized spacial score (nSPS) is 11.6. The molecule has 0 saturated heterocycles. The van der Waals surface area contributed by atoms with E-state index in [0.29, 0.717) is 0 Å². The van der Waals surface area contributed by atoms with Crippen molar-refractivity contribution < 1.29 is 19.1 Å². The molecule has 1 aromatic rings. The summed E-state index contributed by atoms with van der Waals surface area (Å²) in [6.45, 7) is 0.138. The maximum absolute atomic E-state index is 11.3. The molecule has 1 unspecified atom stereocenters. The van der Waals surface area contributed by atoms with Crippen molar-refractivity contribution in [2.75, 3.05) is 7.11 Å². The van der Waals surface area contributed by atoms with Crippen LogP contribution in [0.3, 0.4) is 0 Å². The quantitative estimate of drug-likeness (QED) is 0.480. The lowest BCUT2D eigenvalue weighted by molar-refractivity contribution is -0.152. The molecule has 0 aromatic heterocycles. The van der Waals surface area contributed by atoms with Crippen LogP contribution in [-0.2, 0) is 25.7 Å². The van der Waals surface area contributed by atoms with Crippen molar-refractivity contribution in [3.8, 4) is 0 Å². The fourth-order valence-electron chi connectivity index (χ4n) is 1.00. The molecule has 0 aliphatic heterocycles. The molecule has 5 heteroatoms. The molecule has 0 N–H and O–H groups in total. The maximum atomic E-state index is 11.3. The molecule has 86 valence electrons. The number of ether oxygens (including phenoxy) is 2. The number of alkyl halides is 1. The number of benzene rings is 1. The molecule has 0 bridgehead atoms. The molecular formula is C11H11BrO4. The number of hydrogen-bond donors (Lipinski definition) is 0. The zero-order valence-corrected chi connectivity index (χ0v) is 10.3. The molecule has 0 aliphatic carbocycles. The van der Waals surface area contributed by atoms with E-state index in [0.717, 1.165) is 5.56 Å². The van der Waals surface area contributed by atoms with Crippen LogP contribution in [-0.4, -0.2) is 23.9 Å². The summed E-state index contributed by atoms with van der Waals surface area (Å²) in [7, 11) is 1.21. The Hall–Kier alpha value is -1.36. The fraction of sp³-hybridized carbons (Fsp3) is 0.273. The van der Waals surface area contributed by atoms with Crippen molar-refractivity contribution in [1.82, 2.24) is 0 Å². The summed E-state index contributed by atoms with van der Waals surface area (Å²) in [5, 5.41) is 0. The minimum atomic E-state index is -1.07. The average molecular weight is 287 g/mol. The van der Waals surface area contributed by atoms with E-state index in [1.54, 1.807) is 0 Å². The van der Waals surface area contributed by atoms with Crippen LogP contribution in [0.15, 0.2) is 30.3 Å². The smallest absolute Gasteiger partial charge is 0.331 e. The average Bonchev–Trinajstić information content (AvgIpc) is 2.35. The van der Waals surface area contributed by atoms with Gasteiger partial charge in [-0.15, -0.1) is 0 Å². The molecule has 1 atom stereocenters. The molecule has 1 rings (SSSR count). The fourth-order valence-corrected chi connectivity index (χ4v) is 1.32. The highest BCUT2D eigenvalue weighted by Crippen LogP contribution is 2.07. The molecule has 0 saturated carbocycles. The largest absolute Gasteiger partial charge is 0.468 e. The molecule has 0 radical (unpaired) electrons. The van der Waals surface area contributed by atoms with E-state index in [1.807, 2.05) is 30.3 Å². The highest BCUT2D eigenvalue weighted by Gasteiger charge is 2.25. The number of carbonyl (C=O) groups is 2. The van der Waals surface area contributed by atoms with Gasteiger partial charge in [0.15, 0.2) is 0 Å². The van der Waals surface area contributed by atoms with Gasteiger partial charge in [-0.1, -0.05) is 46.3 Å². The first-order chi connectivity index (χ1) is 7.65. The van der Waals surface area contributed by atoms with Crippen molar-refractivity contribution in [3.05, 3.63) is 35.9 Å². The third kappa shape index (κ3) is 3.66. The van der Waals surface area contributed by atoms with E-state index in [4.69, 9.17) is 4.74 Å². The molecule has 0 heterocycles. The lowest BCUT2D eigenvalue weighted by Crippen LogP contribution is -2.27. The van der Waals surface area contributed by atoms with Gasteiger partial charge < -0.3 is 9.47 Å². The van der Waals surface area contributed by atoms with E-state index >= 15 is 0 Å². The summed E-state index contributed by atoms with van der Waals surface area (Å²) in [5.74, 6) is -1.33.